The van der Waals surface area contributed by atoms with E-state index >= 15 is 0 Å². The molecule has 4 heteroatoms. The fraction of sp³-hybridized carbons (Fsp3) is 0.533. The van der Waals surface area contributed by atoms with Gasteiger partial charge in [0.15, 0.2) is 0 Å². The third-order valence-electron chi connectivity index (χ3n) is 2.97. The molecular weight excluding hydrogens is 258 g/mol. The molecule has 1 atom stereocenters. The van der Waals surface area contributed by atoms with Crippen LogP contribution in [-0.4, -0.2) is 24.4 Å². The van der Waals surface area contributed by atoms with Gasteiger partial charge in [0.1, 0.15) is 5.25 Å². The molecule has 0 radical (unpaired) electrons. The number of benzene rings is 1. The number of hydrogen-bond donors (Lipinski definition) is 1. The first-order valence-corrected chi connectivity index (χ1v) is 7.66. The molecule has 1 aliphatic rings. The molecule has 2 rings (SSSR count). The van der Waals surface area contributed by atoms with Crippen LogP contribution in [0.2, 0.25) is 0 Å². The van der Waals surface area contributed by atoms with E-state index in [0.717, 1.165) is 24.4 Å². The van der Waals surface area contributed by atoms with Gasteiger partial charge in [-0.1, -0.05) is 26.0 Å². The van der Waals surface area contributed by atoms with Crippen molar-refractivity contribution in [1.82, 2.24) is 5.32 Å². The van der Waals surface area contributed by atoms with Gasteiger partial charge >= 0.3 is 5.97 Å². The molecular formula is C15H21NO2S. The highest BCUT2D eigenvalue weighted by atomic mass is 32.2. The lowest BCUT2D eigenvalue weighted by Gasteiger charge is -2.09. The fourth-order valence-corrected chi connectivity index (χ4v) is 2.94. The highest BCUT2D eigenvalue weighted by molar-refractivity contribution is 8.00. The summed E-state index contributed by atoms with van der Waals surface area (Å²) in [6.45, 7) is 6.90. The number of thioether (sulfide) groups is 1. The maximum atomic E-state index is 11.4. The van der Waals surface area contributed by atoms with Gasteiger partial charge in [0.2, 0.25) is 0 Å². The quantitative estimate of drug-likeness (QED) is 0.813. The minimum absolute atomic E-state index is 0.0232. The molecule has 0 amide bonds. The molecule has 0 spiro atoms. The number of hydrogen-bond acceptors (Lipinski definition) is 4. The normalized spacial score (nSPS) is 18.9. The van der Waals surface area contributed by atoms with Gasteiger partial charge in [-0.05, 0) is 30.2 Å². The van der Waals surface area contributed by atoms with Gasteiger partial charge in [-0.3, -0.25) is 4.79 Å². The molecule has 1 fully saturated rings. The highest BCUT2D eigenvalue weighted by Gasteiger charge is 2.27. The van der Waals surface area contributed by atoms with E-state index in [4.69, 9.17) is 4.74 Å². The molecule has 1 unspecified atom stereocenters. The van der Waals surface area contributed by atoms with Gasteiger partial charge < -0.3 is 10.1 Å². The van der Waals surface area contributed by atoms with Crippen molar-refractivity contribution >= 4 is 17.7 Å². The van der Waals surface area contributed by atoms with Gasteiger partial charge in [-0.15, -0.1) is 11.8 Å². The molecule has 0 aliphatic carbocycles. The number of ether oxygens (including phenoxy) is 1. The number of carbonyl (C=O) groups is 1. The number of nitrogens with one attached hydrogen (secondary N) is 1. The van der Waals surface area contributed by atoms with E-state index in [0.29, 0.717) is 12.5 Å². The van der Waals surface area contributed by atoms with E-state index in [9.17, 15) is 4.79 Å². The zero-order valence-electron chi connectivity index (χ0n) is 11.5. The van der Waals surface area contributed by atoms with Crippen LogP contribution in [0.25, 0.3) is 0 Å². The third kappa shape index (κ3) is 4.55. The van der Waals surface area contributed by atoms with Crippen molar-refractivity contribution in [2.75, 3.05) is 13.2 Å². The van der Waals surface area contributed by atoms with Crippen LogP contribution in [0.4, 0.5) is 0 Å². The number of rotatable bonds is 6. The monoisotopic (exact) mass is 279 g/mol. The molecule has 104 valence electrons. The Bertz CT molecular complexity index is 417. The molecule has 0 saturated carbocycles. The van der Waals surface area contributed by atoms with Crippen LogP contribution in [0, 0.1) is 5.92 Å². The van der Waals surface area contributed by atoms with E-state index in [2.05, 4.69) is 43.4 Å². The van der Waals surface area contributed by atoms with Crippen LogP contribution in [0.1, 0.15) is 25.8 Å². The van der Waals surface area contributed by atoms with Crippen molar-refractivity contribution < 1.29 is 9.53 Å². The van der Waals surface area contributed by atoms with Gasteiger partial charge in [0.25, 0.3) is 0 Å². The summed E-state index contributed by atoms with van der Waals surface area (Å²) in [5.74, 6) is 0.593. The van der Waals surface area contributed by atoms with E-state index in [1.54, 1.807) is 11.8 Å². The van der Waals surface area contributed by atoms with Gasteiger partial charge in [-0.2, -0.15) is 0 Å². The molecule has 1 aromatic rings. The van der Waals surface area contributed by atoms with Crippen molar-refractivity contribution in [3.63, 3.8) is 0 Å². The Morgan fingerprint density at radius 1 is 1.37 bits per heavy atom. The number of esters is 1. The molecule has 1 heterocycles. The van der Waals surface area contributed by atoms with Crippen LogP contribution < -0.4 is 5.32 Å². The van der Waals surface area contributed by atoms with Crippen LogP contribution in [0.5, 0.6) is 0 Å². The third-order valence-corrected chi connectivity index (χ3v) is 4.23. The number of carbonyl (C=O) groups excluding carboxylic acids is 1. The van der Waals surface area contributed by atoms with E-state index in [-0.39, 0.29) is 11.2 Å². The molecule has 1 saturated heterocycles. The Kier molecular flexibility index (Phi) is 5.28. The lowest BCUT2D eigenvalue weighted by Crippen LogP contribution is -2.18. The van der Waals surface area contributed by atoms with Gasteiger partial charge in [-0.25, -0.2) is 0 Å². The van der Waals surface area contributed by atoms with Gasteiger partial charge in [0, 0.05) is 17.9 Å². The zero-order chi connectivity index (χ0) is 13.7. The van der Waals surface area contributed by atoms with Crippen molar-refractivity contribution in [2.24, 2.45) is 5.92 Å². The van der Waals surface area contributed by atoms with Crippen LogP contribution in [-0.2, 0) is 16.1 Å². The Morgan fingerprint density at radius 2 is 2.11 bits per heavy atom. The van der Waals surface area contributed by atoms with Gasteiger partial charge in [0.05, 0.1) is 6.61 Å². The first-order valence-electron chi connectivity index (χ1n) is 6.78. The summed E-state index contributed by atoms with van der Waals surface area (Å²) in [6.07, 6.45) is 0.821. The predicted octanol–water partition coefficient (Wildman–Crippen LogP) is 2.84. The summed E-state index contributed by atoms with van der Waals surface area (Å²) >= 11 is 1.60. The zero-order valence-corrected chi connectivity index (χ0v) is 12.3. The minimum Gasteiger partial charge on any atom is -0.465 e. The lowest BCUT2D eigenvalue weighted by atomic mass is 10.2. The lowest BCUT2D eigenvalue weighted by molar-refractivity contribution is -0.137. The average molecular weight is 279 g/mol. The van der Waals surface area contributed by atoms with Crippen LogP contribution in [0.3, 0.4) is 0 Å². The van der Waals surface area contributed by atoms with Crippen molar-refractivity contribution in [2.45, 2.75) is 37.0 Å². The van der Waals surface area contributed by atoms with E-state index in [1.807, 2.05) is 0 Å². The smallest absolute Gasteiger partial charge is 0.319 e. The molecule has 1 N–H and O–H groups in total. The number of cyclic esters (lactones) is 1. The first kappa shape index (κ1) is 14.4. The highest BCUT2D eigenvalue weighted by Crippen LogP contribution is 2.29. The van der Waals surface area contributed by atoms with Crippen LogP contribution in [0.15, 0.2) is 29.2 Å². The largest absolute Gasteiger partial charge is 0.465 e. The predicted molar refractivity (Wildman–Crippen MR) is 78.2 cm³/mol. The molecule has 0 bridgehead atoms. The fourth-order valence-electron chi connectivity index (χ4n) is 1.94. The molecule has 0 aromatic heterocycles. The minimum atomic E-state index is -0.0762. The maximum Gasteiger partial charge on any atom is 0.319 e. The summed E-state index contributed by atoms with van der Waals surface area (Å²) in [4.78, 5) is 12.5. The SMILES string of the molecule is CC(C)CNCc1ccc(SC2CCOC2=O)cc1. The Hall–Kier alpha value is -1.00. The second-order valence-corrected chi connectivity index (χ2v) is 6.51. The summed E-state index contributed by atoms with van der Waals surface area (Å²) < 4.78 is 4.97. The Morgan fingerprint density at radius 3 is 2.68 bits per heavy atom. The summed E-state index contributed by atoms with van der Waals surface area (Å²) in [5.41, 5.74) is 1.28. The second kappa shape index (κ2) is 6.96. The summed E-state index contributed by atoms with van der Waals surface area (Å²) in [6, 6.07) is 8.41. The van der Waals surface area contributed by atoms with E-state index < -0.39 is 0 Å². The molecule has 1 aromatic carbocycles. The standard InChI is InChI=1S/C15H21NO2S/c1-11(2)9-16-10-12-3-5-13(6-4-12)19-14-7-8-18-15(14)17/h3-6,11,14,16H,7-10H2,1-2H3. The first-order chi connectivity index (χ1) is 9.15. The van der Waals surface area contributed by atoms with Crippen LogP contribution >= 0.6 is 11.8 Å². The summed E-state index contributed by atoms with van der Waals surface area (Å²) in [7, 11) is 0. The van der Waals surface area contributed by atoms with Crippen molar-refractivity contribution in [1.29, 1.82) is 0 Å². The second-order valence-electron chi connectivity index (χ2n) is 5.23. The maximum absolute atomic E-state index is 11.4. The summed E-state index contributed by atoms with van der Waals surface area (Å²) in [5, 5.41) is 3.40. The Balaban J connectivity index is 1.82. The van der Waals surface area contributed by atoms with E-state index in [1.165, 1.54) is 5.56 Å². The average Bonchev–Trinajstić information content (AvgIpc) is 2.77. The molecule has 3 nitrogen and oxygen atoms in total. The molecule has 19 heavy (non-hydrogen) atoms. The van der Waals surface area contributed by atoms with Crippen molar-refractivity contribution in [3.05, 3.63) is 29.8 Å². The Labute approximate surface area is 119 Å². The topological polar surface area (TPSA) is 38.3 Å². The van der Waals surface area contributed by atoms with Crippen molar-refractivity contribution in [3.8, 4) is 0 Å². The molecule has 1 aliphatic heterocycles.